The van der Waals surface area contributed by atoms with Crippen LogP contribution in [0.15, 0.2) is 10.3 Å². The van der Waals surface area contributed by atoms with Gasteiger partial charge in [0.15, 0.2) is 17.2 Å². The van der Waals surface area contributed by atoms with E-state index < -0.39 is 23.5 Å². The molecule has 1 saturated carbocycles. The molecule has 0 unspecified atom stereocenters. The van der Waals surface area contributed by atoms with Gasteiger partial charge in [0.1, 0.15) is 21.6 Å². The zero-order valence-electron chi connectivity index (χ0n) is 15.0. The molecule has 1 aliphatic rings. The van der Waals surface area contributed by atoms with Crippen LogP contribution in [0, 0.1) is 0 Å². The van der Waals surface area contributed by atoms with Crippen molar-refractivity contribution in [3.63, 3.8) is 0 Å². The molecule has 0 radical (unpaired) electrons. The lowest BCUT2D eigenvalue weighted by atomic mass is 10.1. The lowest BCUT2D eigenvalue weighted by Gasteiger charge is -2.15. The lowest BCUT2D eigenvalue weighted by Crippen LogP contribution is -2.28. The second-order valence-corrected chi connectivity index (χ2v) is 9.13. The van der Waals surface area contributed by atoms with Gasteiger partial charge in [0.25, 0.3) is 0 Å². The fraction of sp³-hybridized carbons (Fsp3) is 0.500. The molecule has 1 fully saturated rings. The molecule has 0 amide bonds. The van der Waals surface area contributed by atoms with E-state index in [1.165, 1.54) is 23.4 Å². The Morgan fingerprint density at radius 1 is 1.14 bits per heavy atom. The zero-order valence-corrected chi connectivity index (χ0v) is 16.7. The Labute approximate surface area is 168 Å². The highest BCUT2D eigenvalue weighted by molar-refractivity contribution is 8.01. The molecule has 0 bridgehead atoms. The molecule has 3 heterocycles. The SMILES string of the molecule is CCSc1sc(C2(C(F)(F)F)CC2)nc1-c1nc2cc(C(F)(F)F)nnc2n1C. The van der Waals surface area contributed by atoms with Crippen molar-refractivity contribution >= 4 is 34.3 Å². The summed E-state index contributed by atoms with van der Waals surface area (Å²) in [6.45, 7) is 1.85. The summed E-state index contributed by atoms with van der Waals surface area (Å²) < 4.78 is 81.2. The molecule has 0 aliphatic heterocycles. The van der Waals surface area contributed by atoms with Gasteiger partial charge in [-0.1, -0.05) is 6.92 Å². The molecule has 13 heteroatoms. The summed E-state index contributed by atoms with van der Waals surface area (Å²) >= 11 is 2.28. The van der Waals surface area contributed by atoms with E-state index in [0.29, 0.717) is 9.96 Å². The van der Waals surface area contributed by atoms with Gasteiger partial charge in [-0.25, -0.2) is 9.97 Å². The third-order valence-corrected chi connectivity index (χ3v) is 7.09. The van der Waals surface area contributed by atoms with Gasteiger partial charge in [-0.05, 0) is 18.6 Å². The summed E-state index contributed by atoms with van der Waals surface area (Å²) in [5.41, 5.74) is -2.87. The molecule has 29 heavy (non-hydrogen) atoms. The van der Waals surface area contributed by atoms with Crippen molar-refractivity contribution < 1.29 is 26.3 Å². The smallest absolute Gasteiger partial charge is 0.309 e. The van der Waals surface area contributed by atoms with Crippen LogP contribution in [-0.2, 0) is 18.6 Å². The van der Waals surface area contributed by atoms with Crippen molar-refractivity contribution in [1.29, 1.82) is 0 Å². The van der Waals surface area contributed by atoms with E-state index in [9.17, 15) is 26.3 Å². The lowest BCUT2D eigenvalue weighted by molar-refractivity contribution is -0.160. The average Bonchev–Trinajstić information content (AvgIpc) is 3.26. The maximum absolute atomic E-state index is 13.5. The predicted molar refractivity (Wildman–Crippen MR) is 95.8 cm³/mol. The summed E-state index contributed by atoms with van der Waals surface area (Å²) in [7, 11) is 1.52. The number of fused-ring (bicyclic) bond motifs is 1. The maximum atomic E-state index is 13.5. The summed E-state index contributed by atoms with van der Waals surface area (Å²) in [6, 6.07) is 0.768. The molecule has 0 aromatic carbocycles. The average molecular weight is 453 g/mol. The highest BCUT2D eigenvalue weighted by atomic mass is 32.2. The number of imidazole rings is 1. The van der Waals surface area contributed by atoms with Gasteiger partial charge in [0, 0.05) is 13.1 Å². The number of hydrogen-bond donors (Lipinski definition) is 0. The van der Waals surface area contributed by atoms with Gasteiger partial charge in [0.05, 0.1) is 4.21 Å². The van der Waals surface area contributed by atoms with Crippen LogP contribution in [0.1, 0.15) is 30.5 Å². The van der Waals surface area contributed by atoms with E-state index in [1.807, 2.05) is 6.92 Å². The Morgan fingerprint density at radius 3 is 2.38 bits per heavy atom. The van der Waals surface area contributed by atoms with Gasteiger partial charge >= 0.3 is 12.4 Å². The number of hydrogen-bond acceptors (Lipinski definition) is 6. The number of alkyl halides is 6. The fourth-order valence-electron chi connectivity index (χ4n) is 2.96. The van der Waals surface area contributed by atoms with E-state index in [1.54, 1.807) is 0 Å². The minimum absolute atomic E-state index is 0.0252. The molecule has 0 saturated heterocycles. The highest BCUT2D eigenvalue weighted by Crippen LogP contribution is 2.60. The number of aryl methyl sites for hydroxylation is 1. The number of thiazole rings is 1. The Kier molecular flexibility index (Phi) is 4.61. The summed E-state index contributed by atoms with van der Waals surface area (Å²) in [4.78, 5) is 8.44. The Bertz CT molecular complexity index is 1080. The van der Waals surface area contributed by atoms with Crippen molar-refractivity contribution in [1.82, 2.24) is 24.7 Å². The third-order valence-electron chi connectivity index (χ3n) is 4.69. The Hall–Kier alpha value is -1.89. The predicted octanol–water partition coefficient (Wildman–Crippen LogP) is 5.21. The minimum atomic E-state index is -4.68. The second-order valence-electron chi connectivity index (χ2n) is 6.60. The summed E-state index contributed by atoms with van der Waals surface area (Å²) in [5.74, 6) is 0.750. The number of rotatable bonds is 4. The normalized spacial score (nSPS) is 16.6. The molecular weight excluding hydrogens is 440 g/mol. The second kappa shape index (κ2) is 6.56. The number of halogens is 6. The number of aromatic nitrogens is 5. The van der Waals surface area contributed by atoms with Crippen molar-refractivity contribution in [3.05, 3.63) is 16.8 Å². The number of nitrogens with zero attached hydrogens (tertiary/aromatic N) is 5. The zero-order chi connectivity index (χ0) is 21.2. The van der Waals surface area contributed by atoms with Crippen molar-refractivity contribution in [2.75, 3.05) is 5.75 Å². The molecule has 0 N–H and O–H groups in total. The van der Waals surface area contributed by atoms with Crippen LogP contribution in [0.3, 0.4) is 0 Å². The van der Waals surface area contributed by atoms with Crippen molar-refractivity contribution in [2.24, 2.45) is 7.05 Å². The Balaban J connectivity index is 1.86. The first-order valence-electron chi connectivity index (χ1n) is 8.46. The molecule has 0 atom stereocenters. The van der Waals surface area contributed by atoms with E-state index >= 15 is 0 Å². The maximum Gasteiger partial charge on any atom is 0.435 e. The molecular formula is C16H13F6N5S2. The van der Waals surface area contributed by atoms with Gasteiger partial charge in [-0.2, -0.15) is 26.3 Å². The van der Waals surface area contributed by atoms with Gasteiger partial charge < -0.3 is 4.57 Å². The molecule has 0 spiro atoms. The van der Waals surface area contributed by atoms with E-state index in [2.05, 4.69) is 20.2 Å². The quantitative estimate of drug-likeness (QED) is 0.401. The topological polar surface area (TPSA) is 56.5 Å². The first kappa shape index (κ1) is 20.4. The first-order chi connectivity index (χ1) is 13.5. The monoisotopic (exact) mass is 453 g/mol. The molecule has 4 rings (SSSR count). The third kappa shape index (κ3) is 3.27. The van der Waals surface area contributed by atoms with Crippen LogP contribution in [0.5, 0.6) is 0 Å². The van der Waals surface area contributed by atoms with Gasteiger partial charge in [0.2, 0.25) is 0 Å². The van der Waals surface area contributed by atoms with E-state index in [4.69, 9.17) is 0 Å². The minimum Gasteiger partial charge on any atom is -0.309 e. The first-order valence-corrected chi connectivity index (χ1v) is 10.3. The van der Waals surface area contributed by atoms with Crippen LogP contribution < -0.4 is 0 Å². The summed E-state index contributed by atoms with van der Waals surface area (Å²) in [5, 5.41) is 6.74. The van der Waals surface area contributed by atoms with E-state index in [-0.39, 0.29) is 40.5 Å². The fourth-order valence-corrected chi connectivity index (χ4v) is 5.38. The van der Waals surface area contributed by atoms with Crippen LogP contribution in [0.4, 0.5) is 26.3 Å². The number of thioether (sulfide) groups is 1. The molecule has 3 aromatic rings. The molecule has 3 aromatic heterocycles. The van der Waals surface area contributed by atoms with Crippen LogP contribution in [-0.4, -0.2) is 36.7 Å². The molecule has 1 aliphatic carbocycles. The van der Waals surface area contributed by atoms with Gasteiger partial charge in [-0.3, -0.25) is 0 Å². The highest BCUT2D eigenvalue weighted by Gasteiger charge is 2.66. The standard InChI is InChI=1S/C16H13F6N5S2/c1-3-28-12-9(24-13(29-12)14(4-5-14)16(20,21)22)11-23-7-6-8(15(17,18)19)25-26-10(7)27(11)2/h6H,3-5H2,1-2H3. The van der Waals surface area contributed by atoms with Crippen molar-refractivity contribution in [3.8, 4) is 11.5 Å². The molecule has 5 nitrogen and oxygen atoms in total. The largest absolute Gasteiger partial charge is 0.435 e. The van der Waals surface area contributed by atoms with Crippen LogP contribution in [0.25, 0.3) is 22.7 Å². The van der Waals surface area contributed by atoms with Crippen LogP contribution in [0.2, 0.25) is 0 Å². The summed E-state index contributed by atoms with van der Waals surface area (Å²) in [6.07, 6.45) is -9.14. The van der Waals surface area contributed by atoms with Gasteiger partial charge in [-0.15, -0.1) is 33.3 Å². The molecule has 156 valence electrons. The Morgan fingerprint density at radius 2 is 1.83 bits per heavy atom. The van der Waals surface area contributed by atoms with Crippen molar-refractivity contribution in [2.45, 2.75) is 41.7 Å². The van der Waals surface area contributed by atoms with Crippen LogP contribution >= 0.6 is 23.1 Å². The van der Waals surface area contributed by atoms with E-state index in [0.717, 1.165) is 17.4 Å².